The third-order valence-corrected chi connectivity index (χ3v) is 4.49. The van der Waals surface area contributed by atoms with Crippen LogP contribution in [0.2, 0.25) is 5.02 Å². The highest BCUT2D eigenvalue weighted by Gasteiger charge is 2.21. The molecule has 0 saturated heterocycles. The maximum Gasteiger partial charge on any atom is 0.188 e. The largest absolute Gasteiger partial charge is 0.508 e. The molecule has 0 aliphatic rings. The van der Waals surface area contributed by atoms with Gasteiger partial charge in [0.2, 0.25) is 0 Å². The number of hydrogen-bond acceptors (Lipinski definition) is 8. The molecule has 2 aromatic carbocycles. The summed E-state index contributed by atoms with van der Waals surface area (Å²) in [7, 11) is 0. The number of fused-ring (bicyclic) bond motifs is 1. The molecular weight excluding hydrogens is 392 g/mol. The predicted molar refractivity (Wildman–Crippen MR) is 109 cm³/mol. The maximum absolute atomic E-state index is 9.61. The number of phenolic OH excluding ortho intramolecular Hbond substituents is 1. The Labute approximate surface area is 169 Å². The van der Waals surface area contributed by atoms with Gasteiger partial charge in [-0.3, -0.25) is 0 Å². The molecule has 0 spiro atoms. The Kier molecular flexibility index (Phi) is 4.46. The molecule has 0 aliphatic carbocycles. The topological polar surface area (TPSA) is 151 Å². The molecule has 10 heteroatoms. The number of nitriles is 1. The fraction of sp³-hybridized carbons (Fsp3) is 0. The second kappa shape index (κ2) is 7.10. The molecule has 4 rings (SSSR count). The van der Waals surface area contributed by atoms with Crippen molar-refractivity contribution >= 4 is 40.3 Å². The number of aromatic hydroxyl groups is 1. The number of nitrogens with zero attached hydrogens (tertiary/aromatic N) is 6. The number of hydrogen-bond donors (Lipinski definition) is 3. The summed E-state index contributed by atoms with van der Waals surface area (Å²) in [5, 5.41) is 31.8. The zero-order valence-corrected chi connectivity index (χ0v) is 15.5. The average molecular weight is 405 g/mol. The van der Waals surface area contributed by atoms with E-state index in [1.807, 2.05) is 6.07 Å². The number of nitrogen functional groups attached to an aromatic ring is 2. The van der Waals surface area contributed by atoms with Crippen LogP contribution in [-0.2, 0) is 0 Å². The van der Waals surface area contributed by atoms with E-state index >= 15 is 0 Å². The molecule has 0 aliphatic heterocycles. The van der Waals surface area contributed by atoms with E-state index in [4.69, 9.17) is 23.1 Å². The lowest BCUT2D eigenvalue weighted by Crippen LogP contribution is -2.06. The second-order valence-corrected chi connectivity index (χ2v) is 6.41. The minimum Gasteiger partial charge on any atom is -0.508 e. The van der Waals surface area contributed by atoms with Crippen molar-refractivity contribution in [2.24, 2.45) is 10.2 Å². The lowest BCUT2D eigenvalue weighted by atomic mass is 10.1. The molecule has 0 fully saturated rings. The molecular formula is C19H13ClN8O. The Hall–Kier alpha value is -4.16. The fourth-order valence-electron chi connectivity index (χ4n) is 2.76. The molecule has 0 bridgehead atoms. The molecule has 0 saturated carbocycles. The van der Waals surface area contributed by atoms with Gasteiger partial charge in [-0.25, -0.2) is 4.98 Å². The van der Waals surface area contributed by atoms with E-state index in [0.29, 0.717) is 22.0 Å². The van der Waals surface area contributed by atoms with Gasteiger partial charge in [0, 0.05) is 5.56 Å². The lowest BCUT2D eigenvalue weighted by Gasteiger charge is -2.09. The molecule has 2 heterocycles. The van der Waals surface area contributed by atoms with Crippen molar-refractivity contribution in [2.45, 2.75) is 0 Å². The highest BCUT2D eigenvalue weighted by molar-refractivity contribution is 6.33. The first kappa shape index (κ1) is 18.2. The number of aromatic nitrogens is 3. The summed E-state index contributed by atoms with van der Waals surface area (Å²) in [5.41, 5.74) is 14.0. The summed E-state index contributed by atoms with van der Waals surface area (Å²) in [6, 6.07) is 15.2. The van der Waals surface area contributed by atoms with E-state index in [1.54, 1.807) is 36.4 Å². The maximum atomic E-state index is 9.61. The van der Waals surface area contributed by atoms with Crippen LogP contribution < -0.4 is 11.5 Å². The smallest absolute Gasteiger partial charge is 0.188 e. The van der Waals surface area contributed by atoms with Crippen LogP contribution >= 0.6 is 11.6 Å². The monoisotopic (exact) mass is 404 g/mol. The number of anilines is 2. The first-order valence-corrected chi connectivity index (χ1v) is 8.71. The van der Waals surface area contributed by atoms with E-state index < -0.39 is 0 Å². The Morgan fingerprint density at radius 3 is 2.48 bits per heavy atom. The van der Waals surface area contributed by atoms with Crippen LogP contribution in [0, 0.1) is 11.3 Å². The summed E-state index contributed by atoms with van der Waals surface area (Å²) in [6.07, 6.45) is 0. The summed E-state index contributed by atoms with van der Waals surface area (Å²) in [6.45, 7) is 0. The Morgan fingerprint density at radius 1 is 1.07 bits per heavy atom. The molecule has 0 atom stereocenters. The molecule has 29 heavy (non-hydrogen) atoms. The average Bonchev–Trinajstić information content (AvgIpc) is 3.03. The Balaban J connectivity index is 1.93. The first-order chi connectivity index (χ1) is 14.0. The summed E-state index contributed by atoms with van der Waals surface area (Å²) >= 11 is 6.29. The van der Waals surface area contributed by atoms with Gasteiger partial charge in [0.05, 0.1) is 16.4 Å². The van der Waals surface area contributed by atoms with Crippen LogP contribution in [0.15, 0.2) is 58.8 Å². The first-order valence-electron chi connectivity index (χ1n) is 8.33. The van der Waals surface area contributed by atoms with E-state index in [-0.39, 0.29) is 34.3 Å². The Bertz CT molecular complexity index is 1300. The number of azo groups is 1. The fourth-order valence-corrected chi connectivity index (χ4v) is 2.98. The number of benzene rings is 2. The molecule has 9 nitrogen and oxygen atoms in total. The minimum atomic E-state index is 0.0481. The van der Waals surface area contributed by atoms with Crippen molar-refractivity contribution in [2.75, 3.05) is 11.5 Å². The molecule has 4 aromatic rings. The van der Waals surface area contributed by atoms with E-state index in [9.17, 15) is 10.4 Å². The van der Waals surface area contributed by atoms with Gasteiger partial charge >= 0.3 is 0 Å². The van der Waals surface area contributed by atoms with Crippen molar-refractivity contribution in [1.82, 2.24) is 14.6 Å². The van der Waals surface area contributed by atoms with Crippen molar-refractivity contribution in [3.05, 3.63) is 59.1 Å². The highest BCUT2D eigenvalue weighted by Crippen LogP contribution is 2.36. The van der Waals surface area contributed by atoms with E-state index in [0.717, 1.165) is 0 Å². The van der Waals surface area contributed by atoms with Gasteiger partial charge in [0.15, 0.2) is 17.2 Å². The number of rotatable bonds is 3. The standard InChI is InChI=1S/C19H13ClN8O/c20-14-4-2-1-3-12(14)15-13(9-21)18(23)28-19(24-15)16(17(22)27-28)26-25-10-5-7-11(29)8-6-10/h1-8,29H,23H2,(H2,22,27). The van der Waals surface area contributed by atoms with Gasteiger partial charge in [-0.1, -0.05) is 29.8 Å². The van der Waals surface area contributed by atoms with Crippen LogP contribution in [0.1, 0.15) is 5.56 Å². The lowest BCUT2D eigenvalue weighted by molar-refractivity contribution is 0.475. The third kappa shape index (κ3) is 3.18. The molecule has 0 amide bonds. The molecule has 0 unspecified atom stereocenters. The Morgan fingerprint density at radius 2 is 1.79 bits per heavy atom. The molecule has 0 radical (unpaired) electrons. The number of halogens is 1. The van der Waals surface area contributed by atoms with Gasteiger partial charge in [0.1, 0.15) is 23.2 Å². The van der Waals surface area contributed by atoms with Crippen molar-refractivity contribution in [3.8, 4) is 23.1 Å². The number of phenols is 1. The van der Waals surface area contributed by atoms with Gasteiger partial charge in [0.25, 0.3) is 0 Å². The summed E-state index contributed by atoms with van der Waals surface area (Å²) < 4.78 is 1.25. The van der Waals surface area contributed by atoms with Gasteiger partial charge in [-0.2, -0.15) is 14.9 Å². The van der Waals surface area contributed by atoms with Gasteiger partial charge in [-0.05, 0) is 30.3 Å². The van der Waals surface area contributed by atoms with E-state index in [1.165, 1.54) is 16.6 Å². The SMILES string of the molecule is N#Cc1c(-c2ccccc2Cl)nc2c(N=Nc3ccc(O)cc3)c(N)nn2c1N. The van der Waals surface area contributed by atoms with Crippen molar-refractivity contribution in [3.63, 3.8) is 0 Å². The van der Waals surface area contributed by atoms with Crippen LogP contribution in [0.4, 0.5) is 23.0 Å². The third-order valence-electron chi connectivity index (χ3n) is 4.16. The van der Waals surface area contributed by atoms with Crippen LogP contribution in [0.3, 0.4) is 0 Å². The molecule has 142 valence electrons. The van der Waals surface area contributed by atoms with Crippen LogP contribution in [0.5, 0.6) is 5.75 Å². The predicted octanol–water partition coefficient (Wildman–Crippen LogP) is 4.21. The van der Waals surface area contributed by atoms with Crippen LogP contribution in [-0.4, -0.2) is 19.7 Å². The van der Waals surface area contributed by atoms with Crippen molar-refractivity contribution < 1.29 is 5.11 Å². The highest BCUT2D eigenvalue weighted by atomic mass is 35.5. The minimum absolute atomic E-state index is 0.0481. The number of nitrogens with two attached hydrogens (primary N) is 2. The normalized spacial score (nSPS) is 11.2. The zero-order valence-electron chi connectivity index (χ0n) is 14.8. The molecule has 2 aromatic heterocycles. The van der Waals surface area contributed by atoms with Crippen LogP contribution in [0.25, 0.3) is 16.9 Å². The van der Waals surface area contributed by atoms with Gasteiger partial charge < -0.3 is 16.6 Å². The quantitative estimate of drug-likeness (QED) is 0.435. The molecule has 5 N–H and O–H groups in total. The summed E-state index contributed by atoms with van der Waals surface area (Å²) in [4.78, 5) is 4.52. The summed E-state index contributed by atoms with van der Waals surface area (Å²) in [5.74, 6) is 0.222. The van der Waals surface area contributed by atoms with Crippen molar-refractivity contribution in [1.29, 1.82) is 5.26 Å². The van der Waals surface area contributed by atoms with E-state index in [2.05, 4.69) is 20.3 Å². The van der Waals surface area contributed by atoms with Gasteiger partial charge in [-0.15, -0.1) is 10.2 Å². The second-order valence-electron chi connectivity index (χ2n) is 6.00. The zero-order chi connectivity index (χ0) is 20.5.